The van der Waals surface area contributed by atoms with Crippen molar-refractivity contribution in [1.29, 1.82) is 10.5 Å². The molecule has 2 aromatic rings. The Morgan fingerprint density at radius 1 is 1.39 bits per heavy atom. The second kappa shape index (κ2) is 8.04. The van der Waals surface area contributed by atoms with Crippen LogP contribution in [0, 0.1) is 22.7 Å². The van der Waals surface area contributed by atoms with Gasteiger partial charge in [-0.05, 0) is 30.2 Å². The molecule has 2 heterocycles. The van der Waals surface area contributed by atoms with E-state index in [0.29, 0.717) is 28.8 Å². The number of methoxy groups -OCH3 is 1. The lowest BCUT2D eigenvalue weighted by molar-refractivity contribution is 0.190. The van der Waals surface area contributed by atoms with E-state index in [9.17, 15) is 4.79 Å². The lowest BCUT2D eigenvalue weighted by atomic mass is 10.2. The second-order valence-corrected chi connectivity index (χ2v) is 5.63. The Hall–Kier alpha value is -2.74. The molecule has 7 heteroatoms. The molecular weight excluding hydrogens is 312 g/mol. The molecule has 0 saturated heterocycles. The molecule has 0 unspecified atom stereocenters. The maximum atomic E-state index is 12.6. The summed E-state index contributed by atoms with van der Waals surface area (Å²) in [6.07, 6.45) is 5.63. The number of nitriles is 2. The zero-order chi connectivity index (χ0) is 16.7. The fourth-order valence-electron chi connectivity index (χ4n) is 2.01. The van der Waals surface area contributed by atoms with E-state index in [4.69, 9.17) is 15.3 Å². The van der Waals surface area contributed by atoms with Gasteiger partial charge < -0.3 is 4.74 Å². The molecule has 2 aromatic heterocycles. The summed E-state index contributed by atoms with van der Waals surface area (Å²) in [6.45, 7) is 0.898. The average Bonchev–Trinajstić information content (AvgIpc) is 2.87. The van der Waals surface area contributed by atoms with Crippen molar-refractivity contribution < 1.29 is 4.74 Å². The largest absolute Gasteiger partial charge is 0.385 e. The first kappa shape index (κ1) is 16.6. The first-order chi connectivity index (χ1) is 11.2. The van der Waals surface area contributed by atoms with Gasteiger partial charge in [0.25, 0.3) is 5.56 Å². The van der Waals surface area contributed by atoms with Gasteiger partial charge in [-0.1, -0.05) is 0 Å². The minimum atomic E-state index is -0.207. The van der Waals surface area contributed by atoms with E-state index >= 15 is 0 Å². The molecule has 0 aliphatic carbocycles. The maximum absolute atomic E-state index is 12.6. The van der Waals surface area contributed by atoms with Crippen molar-refractivity contribution in [1.82, 2.24) is 9.55 Å². The highest BCUT2D eigenvalue weighted by Gasteiger charge is 2.09. The number of hydrogen-bond donors (Lipinski definition) is 0. The van der Waals surface area contributed by atoms with E-state index in [2.05, 4.69) is 4.98 Å². The lowest BCUT2D eigenvalue weighted by Gasteiger charge is -2.01. The Labute approximate surface area is 136 Å². The minimum absolute atomic E-state index is 0.0566. The Balaban J connectivity index is 2.65. The zero-order valence-corrected chi connectivity index (χ0v) is 13.3. The molecule has 0 bridgehead atoms. The summed E-state index contributed by atoms with van der Waals surface area (Å²) in [5.41, 5.74) is 0.573. The molecule has 2 rings (SSSR count). The second-order valence-electron chi connectivity index (χ2n) is 4.60. The third-order valence-corrected chi connectivity index (χ3v) is 4.21. The van der Waals surface area contributed by atoms with E-state index < -0.39 is 0 Å². The molecule has 0 fully saturated rings. The molecule has 0 saturated carbocycles. The molecular formula is C16H14N4O2S. The summed E-state index contributed by atoms with van der Waals surface area (Å²) in [5, 5.41) is 18.2. The summed E-state index contributed by atoms with van der Waals surface area (Å²) in [7, 11) is 1.59. The first-order valence-electron chi connectivity index (χ1n) is 6.86. The van der Waals surface area contributed by atoms with E-state index in [-0.39, 0.29) is 11.1 Å². The van der Waals surface area contributed by atoms with Crippen LogP contribution < -0.4 is 14.8 Å². The van der Waals surface area contributed by atoms with Crippen LogP contribution in [-0.2, 0) is 11.3 Å². The number of ether oxygens (including phenoxy) is 1. The predicted octanol–water partition coefficient (Wildman–Crippen LogP) is 0.368. The van der Waals surface area contributed by atoms with Gasteiger partial charge in [0.15, 0.2) is 5.57 Å². The van der Waals surface area contributed by atoms with Crippen LogP contribution in [0.4, 0.5) is 0 Å². The van der Waals surface area contributed by atoms with E-state index in [1.54, 1.807) is 37.7 Å². The minimum Gasteiger partial charge on any atom is -0.385 e. The number of thiazole rings is 1. The van der Waals surface area contributed by atoms with E-state index in [1.165, 1.54) is 4.57 Å². The molecule has 116 valence electrons. The van der Waals surface area contributed by atoms with Crippen LogP contribution in [0.3, 0.4) is 0 Å². The molecule has 0 amide bonds. The smallest absolute Gasteiger partial charge is 0.269 e. The molecule has 0 N–H and O–H groups in total. The van der Waals surface area contributed by atoms with Gasteiger partial charge in [0.2, 0.25) is 0 Å². The third kappa shape index (κ3) is 3.92. The molecule has 0 atom stereocenters. The fourth-order valence-corrected chi connectivity index (χ4v) is 3.09. The van der Waals surface area contributed by atoms with Gasteiger partial charge in [0, 0.05) is 32.7 Å². The van der Waals surface area contributed by atoms with Crippen LogP contribution in [0.5, 0.6) is 0 Å². The van der Waals surface area contributed by atoms with Crippen molar-refractivity contribution >= 4 is 23.0 Å². The SMILES string of the molecule is COCCCn1c(=C(C#N)C#N)s/c(=C/c2ccncc2)c1=O. The van der Waals surface area contributed by atoms with Crippen molar-refractivity contribution in [3.05, 3.63) is 49.6 Å². The quantitative estimate of drug-likeness (QED) is 0.740. The highest BCUT2D eigenvalue weighted by Crippen LogP contribution is 1.97. The van der Waals surface area contributed by atoms with Crippen LogP contribution in [0.15, 0.2) is 29.3 Å². The maximum Gasteiger partial charge on any atom is 0.269 e. The highest BCUT2D eigenvalue weighted by molar-refractivity contribution is 7.07. The molecule has 0 aromatic carbocycles. The average molecular weight is 326 g/mol. The van der Waals surface area contributed by atoms with Crippen LogP contribution in [0.25, 0.3) is 11.6 Å². The number of pyridine rings is 1. The normalized spacial score (nSPS) is 11.0. The van der Waals surface area contributed by atoms with Crippen LogP contribution in [0.2, 0.25) is 0 Å². The Morgan fingerprint density at radius 3 is 2.70 bits per heavy atom. The van der Waals surface area contributed by atoms with Gasteiger partial charge in [0.1, 0.15) is 16.8 Å². The van der Waals surface area contributed by atoms with E-state index in [1.807, 2.05) is 12.1 Å². The van der Waals surface area contributed by atoms with Crippen LogP contribution in [0.1, 0.15) is 12.0 Å². The number of nitrogens with zero attached hydrogens (tertiary/aromatic N) is 4. The van der Waals surface area contributed by atoms with Gasteiger partial charge in [-0.15, -0.1) is 11.3 Å². The van der Waals surface area contributed by atoms with Gasteiger partial charge >= 0.3 is 0 Å². The monoisotopic (exact) mass is 326 g/mol. The third-order valence-electron chi connectivity index (χ3n) is 3.08. The molecule has 0 radical (unpaired) electrons. The van der Waals surface area contributed by atoms with Gasteiger partial charge in [0.05, 0.1) is 4.53 Å². The Morgan fingerprint density at radius 2 is 2.09 bits per heavy atom. The highest BCUT2D eigenvalue weighted by atomic mass is 32.1. The van der Waals surface area contributed by atoms with Crippen molar-refractivity contribution in [2.45, 2.75) is 13.0 Å². The predicted molar refractivity (Wildman–Crippen MR) is 86.8 cm³/mol. The van der Waals surface area contributed by atoms with E-state index in [0.717, 1.165) is 16.9 Å². The lowest BCUT2D eigenvalue weighted by Crippen LogP contribution is -2.32. The molecule has 6 nitrogen and oxygen atoms in total. The van der Waals surface area contributed by atoms with Gasteiger partial charge in [-0.3, -0.25) is 14.3 Å². The van der Waals surface area contributed by atoms with Crippen molar-refractivity contribution in [2.24, 2.45) is 0 Å². The van der Waals surface area contributed by atoms with Gasteiger partial charge in [-0.2, -0.15) is 10.5 Å². The van der Waals surface area contributed by atoms with Crippen LogP contribution >= 0.6 is 11.3 Å². The number of hydrogen-bond acceptors (Lipinski definition) is 6. The summed E-state index contributed by atoms with van der Waals surface area (Å²) < 4.78 is 7.33. The number of rotatable bonds is 5. The van der Waals surface area contributed by atoms with Crippen molar-refractivity contribution in [3.8, 4) is 12.1 Å². The first-order valence-corrected chi connectivity index (χ1v) is 7.67. The topological polar surface area (TPSA) is 91.7 Å². The Bertz CT molecular complexity index is 914. The molecule has 23 heavy (non-hydrogen) atoms. The summed E-state index contributed by atoms with van der Waals surface area (Å²) in [5.74, 6) is 0. The van der Waals surface area contributed by atoms with Crippen LogP contribution in [-0.4, -0.2) is 23.3 Å². The molecule has 0 spiro atoms. The molecule has 0 aliphatic rings. The Kier molecular flexibility index (Phi) is 5.81. The van der Waals surface area contributed by atoms with Crippen molar-refractivity contribution in [2.75, 3.05) is 13.7 Å². The number of aromatic nitrogens is 2. The molecule has 0 aliphatic heterocycles. The summed E-state index contributed by atoms with van der Waals surface area (Å²) in [4.78, 5) is 16.5. The standard InChI is InChI=1S/C16H14N4O2S/c1-22-8-2-7-20-15(21)14(9-12-3-5-19-6-4-12)23-16(20)13(10-17)11-18/h3-6,9H,2,7-8H2,1H3/b14-9+. The summed E-state index contributed by atoms with van der Waals surface area (Å²) in [6, 6.07) is 7.28. The zero-order valence-electron chi connectivity index (χ0n) is 12.5. The van der Waals surface area contributed by atoms with Gasteiger partial charge in [-0.25, -0.2) is 0 Å². The summed E-state index contributed by atoms with van der Waals surface area (Å²) >= 11 is 1.15. The van der Waals surface area contributed by atoms with Crippen molar-refractivity contribution in [3.63, 3.8) is 0 Å². The fraction of sp³-hybridized carbons (Fsp3) is 0.250.